The summed E-state index contributed by atoms with van der Waals surface area (Å²) in [5, 5.41) is 1.53. The van der Waals surface area contributed by atoms with Gasteiger partial charge in [0.25, 0.3) is 0 Å². The van der Waals surface area contributed by atoms with Gasteiger partial charge in [0.1, 0.15) is 0 Å². The Balaban J connectivity index is 2.51. The second-order valence-corrected chi connectivity index (χ2v) is 3.29. The van der Waals surface area contributed by atoms with Crippen molar-refractivity contribution in [2.75, 3.05) is 0 Å². The molecule has 43 valence electrons. The Labute approximate surface area is 52.5 Å². The molecule has 0 aromatic rings. The smallest absolute Gasteiger partial charge is 0.0208 e. The predicted molar refractivity (Wildman–Crippen MR) is 39.0 cm³/mol. The van der Waals surface area contributed by atoms with Gasteiger partial charge in [-0.2, -0.15) is 0 Å². The molecule has 0 fully saturated rings. The van der Waals surface area contributed by atoms with Crippen LogP contribution in [0.25, 0.3) is 0 Å². The van der Waals surface area contributed by atoms with E-state index >= 15 is 0 Å². The van der Waals surface area contributed by atoms with Crippen molar-refractivity contribution in [3.8, 4) is 0 Å². The Bertz CT molecular complexity index is 131. The molecule has 0 amide bonds. The highest BCUT2D eigenvalue weighted by atomic mass is 31.1. The van der Waals surface area contributed by atoms with Gasteiger partial charge in [-0.1, -0.05) is 31.8 Å². The highest BCUT2D eigenvalue weighted by molar-refractivity contribution is 7.47. The van der Waals surface area contributed by atoms with Crippen molar-refractivity contribution in [2.24, 2.45) is 5.92 Å². The van der Waals surface area contributed by atoms with E-state index in [0.29, 0.717) is 0 Å². The molecule has 0 N–H and O–H groups in total. The lowest BCUT2D eigenvalue weighted by molar-refractivity contribution is 0.817. The predicted octanol–water partition coefficient (Wildman–Crippen LogP) is 3.00. The number of rotatable bonds is 1. The van der Waals surface area contributed by atoms with Gasteiger partial charge in [0.05, 0.1) is 0 Å². The minimum absolute atomic E-state index is 0.728. The number of hydrogen-bond donors (Lipinski definition) is 0. The first-order chi connectivity index (χ1) is 3.80. The van der Waals surface area contributed by atoms with E-state index in [9.17, 15) is 0 Å². The summed E-state index contributed by atoms with van der Waals surface area (Å²) in [5.74, 6) is 2.90. The van der Waals surface area contributed by atoms with Crippen LogP contribution in [0, 0.1) is 5.92 Å². The summed E-state index contributed by atoms with van der Waals surface area (Å²) in [6, 6.07) is 0. The zero-order valence-electron chi connectivity index (χ0n) is 5.26. The molecular weight excluding hydrogens is 115 g/mol. The maximum atomic E-state index is 2.23. The topological polar surface area (TPSA) is 0 Å². The van der Waals surface area contributed by atoms with Gasteiger partial charge in [-0.3, -0.25) is 0 Å². The van der Waals surface area contributed by atoms with Gasteiger partial charge >= 0.3 is 0 Å². The molecule has 0 aliphatic carbocycles. The van der Waals surface area contributed by atoms with Gasteiger partial charge in [-0.15, -0.1) is 0 Å². The van der Waals surface area contributed by atoms with E-state index in [-0.39, 0.29) is 0 Å². The third kappa shape index (κ3) is 1.20. The van der Waals surface area contributed by atoms with Crippen molar-refractivity contribution in [3.05, 3.63) is 23.3 Å². The van der Waals surface area contributed by atoms with Gasteiger partial charge in [0.2, 0.25) is 0 Å². The SMILES string of the molecule is CC(C)C1=CC=C[P]1. The molecule has 0 aromatic heterocycles. The van der Waals surface area contributed by atoms with Crippen LogP contribution >= 0.6 is 8.58 Å². The summed E-state index contributed by atoms with van der Waals surface area (Å²) >= 11 is 0. The Morgan fingerprint density at radius 2 is 2.25 bits per heavy atom. The Kier molecular flexibility index (Phi) is 1.85. The lowest BCUT2D eigenvalue weighted by atomic mass is 10.2. The second-order valence-electron chi connectivity index (χ2n) is 2.22. The van der Waals surface area contributed by atoms with Crippen molar-refractivity contribution in [2.45, 2.75) is 13.8 Å². The third-order valence-electron chi connectivity index (χ3n) is 1.17. The molecule has 0 spiro atoms. The van der Waals surface area contributed by atoms with Gasteiger partial charge in [-0.25, -0.2) is 0 Å². The highest BCUT2D eigenvalue weighted by Crippen LogP contribution is 2.35. The molecule has 1 rings (SSSR count). The Morgan fingerprint density at radius 1 is 1.50 bits per heavy atom. The summed E-state index contributed by atoms with van der Waals surface area (Å²) in [5.41, 5.74) is 0. The summed E-state index contributed by atoms with van der Waals surface area (Å²) < 4.78 is 0. The lowest BCUT2D eigenvalue weighted by Gasteiger charge is -2.01. The van der Waals surface area contributed by atoms with E-state index in [2.05, 4.69) is 31.8 Å². The molecular formula is C7H10P. The molecule has 0 saturated carbocycles. The number of allylic oxidation sites excluding steroid dienone is 3. The van der Waals surface area contributed by atoms with Crippen LogP contribution in [-0.4, -0.2) is 0 Å². The van der Waals surface area contributed by atoms with E-state index in [0.717, 1.165) is 5.92 Å². The average molecular weight is 125 g/mol. The highest BCUT2D eigenvalue weighted by Gasteiger charge is 2.02. The van der Waals surface area contributed by atoms with Crippen molar-refractivity contribution in [3.63, 3.8) is 0 Å². The maximum Gasteiger partial charge on any atom is -0.0208 e. The van der Waals surface area contributed by atoms with Crippen molar-refractivity contribution in [1.82, 2.24) is 0 Å². The van der Waals surface area contributed by atoms with Gasteiger partial charge in [0, 0.05) is 0 Å². The minimum Gasteiger partial charge on any atom is -0.0608 e. The fourth-order valence-corrected chi connectivity index (χ4v) is 1.47. The molecule has 1 heterocycles. The van der Waals surface area contributed by atoms with Crippen LogP contribution in [0.15, 0.2) is 23.3 Å². The first kappa shape index (κ1) is 6.04. The second kappa shape index (κ2) is 2.46. The molecule has 1 aliphatic heterocycles. The van der Waals surface area contributed by atoms with E-state index in [4.69, 9.17) is 0 Å². The largest absolute Gasteiger partial charge is 0.0608 e. The first-order valence-electron chi connectivity index (χ1n) is 2.88. The zero-order valence-corrected chi connectivity index (χ0v) is 6.15. The molecule has 8 heavy (non-hydrogen) atoms. The molecule has 0 bridgehead atoms. The Hall–Kier alpha value is -0.0900. The molecule has 0 atom stereocenters. The fraction of sp³-hybridized carbons (Fsp3) is 0.429. The van der Waals surface area contributed by atoms with Crippen LogP contribution in [0.4, 0.5) is 0 Å². The normalized spacial score (nSPS) is 20.6. The molecule has 0 saturated heterocycles. The average Bonchev–Trinajstić information content (AvgIpc) is 2.12. The first-order valence-corrected chi connectivity index (χ1v) is 3.84. The van der Waals surface area contributed by atoms with Gasteiger partial charge in [-0.05, 0) is 19.8 Å². The van der Waals surface area contributed by atoms with E-state index in [1.807, 2.05) is 0 Å². The van der Waals surface area contributed by atoms with Crippen LogP contribution in [0.5, 0.6) is 0 Å². The molecule has 1 aliphatic rings. The standard InChI is InChI=1S/C7H10P/c1-6(2)7-4-3-5-8-7/h3-6H,1-2H3. The molecule has 1 heteroatoms. The van der Waals surface area contributed by atoms with Crippen LogP contribution in [0.2, 0.25) is 0 Å². The molecule has 0 nitrogen and oxygen atoms in total. The van der Waals surface area contributed by atoms with Crippen LogP contribution in [0.1, 0.15) is 13.8 Å². The summed E-state index contributed by atoms with van der Waals surface area (Å²) in [7, 11) is 1.40. The lowest BCUT2D eigenvalue weighted by Crippen LogP contribution is -1.82. The van der Waals surface area contributed by atoms with E-state index in [1.54, 1.807) is 0 Å². The monoisotopic (exact) mass is 125 g/mol. The summed E-state index contributed by atoms with van der Waals surface area (Å²) in [6.07, 6.45) is 4.32. The zero-order chi connectivity index (χ0) is 5.98. The Morgan fingerprint density at radius 3 is 2.50 bits per heavy atom. The summed E-state index contributed by atoms with van der Waals surface area (Å²) in [6.45, 7) is 4.46. The van der Waals surface area contributed by atoms with Gasteiger partial charge in [0.15, 0.2) is 0 Å². The van der Waals surface area contributed by atoms with Crippen LogP contribution in [-0.2, 0) is 0 Å². The third-order valence-corrected chi connectivity index (χ3v) is 2.45. The maximum absolute atomic E-state index is 2.23. The fourth-order valence-electron chi connectivity index (χ4n) is 0.655. The van der Waals surface area contributed by atoms with Crippen molar-refractivity contribution in [1.29, 1.82) is 0 Å². The molecule has 0 aromatic carbocycles. The van der Waals surface area contributed by atoms with Gasteiger partial charge < -0.3 is 0 Å². The molecule has 1 radical (unpaired) electrons. The van der Waals surface area contributed by atoms with Crippen LogP contribution in [0.3, 0.4) is 0 Å². The van der Waals surface area contributed by atoms with Crippen LogP contribution < -0.4 is 0 Å². The number of hydrogen-bond acceptors (Lipinski definition) is 0. The van der Waals surface area contributed by atoms with E-state index < -0.39 is 0 Å². The molecule has 0 unspecified atom stereocenters. The van der Waals surface area contributed by atoms with Crippen molar-refractivity contribution < 1.29 is 0 Å². The van der Waals surface area contributed by atoms with Crippen molar-refractivity contribution >= 4 is 8.58 Å². The summed E-state index contributed by atoms with van der Waals surface area (Å²) in [4.78, 5) is 0. The quantitative estimate of drug-likeness (QED) is 0.472. The minimum atomic E-state index is 0.728. The van der Waals surface area contributed by atoms with E-state index in [1.165, 1.54) is 13.9 Å².